The van der Waals surface area contributed by atoms with Gasteiger partial charge >= 0.3 is 0 Å². The second kappa shape index (κ2) is 8.99. The van der Waals surface area contributed by atoms with Gasteiger partial charge in [-0.2, -0.15) is 0 Å². The lowest BCUT2D eigenvalue weighted by Gasteiger charge is -2.11. The molecule has 1 heterocycles. The Kier molecular flexibility index (Phi) is 6.44. The van der Waals surface area contributed by atoms with Crippen molar-refractivity contribution >= 4 is 28.4 Å². The standard InChI is InChI=1S/C21H20ClFN2O3/c22-15-6-4-13(5-7-15)11-25-21(28)18-12-24-19-14(3-1-2-8-26)9-16(23)10-17(19)20(18)27/h4-7,9-10,12,26H,1-3,8,11H2,(H,24,27)(H,25,28). The topological polar surface area (TPSA) is 82.5 Å². The van der Waals surface area contributed by atoms with Crippen molar-refractivity contribution in [3.05, 3.63) is 70.1 Å². The van der Waals surface area contributed by atoms with E-state index in [1.54, 1.807) is 24.3 Å². The number of aromatic nitrogens is 1. The van der Waals surface area contributed by atoms with Crippen LogP contribution in [0.25, 0.3) is 10.9 Å². The molecular weight excluding hydrogens is 383 g/mol. The van der Waals surface area contributed by atoms with E-state index in [4.69, 9.17) is 16.7 Å². The number of carbonyl (C=O) groups is 1. The monoisotopic (exact) mass is 402 g/mol. The van der Waals surface area contributed by atoms with Gasteiger partial charge < -0.3 is 15.5 Å². The third-order valence-corrected chi connectivity index (χ3v) is 4.70. The molecule has 1 amide bonds. The van der Waals surface area contributed by atoms with Crippen LogP contribution in [0.3, 0.4) is 0 Å². The van der Waals surface area contributed by atoms with Crippen molar-refractivity contribution in [2.45, 2.75) is 25.8 Å². The summed E-state index contributed by atoms with van der Waals surface area (Å²) < 4.78 is 14.0. The van der Waals surface area contributed by atoms with E-state index in [1.807, 2.05) is 0 Å². The van der Waals surface area contributed by atoms with Gasteiger partial charge in [0.05, 0.1) is 5.52 Å². The van der Waals surface area contributed by atoms with Crippen LogP contribution in [0.4, 0.5) is 4.39 Å². The first-order chi connectivity index (χ1) is 13.5. The first kappa shape index (κ1) is 20.0. The van der Waals surface area contributed by atoms with Gasteiger partial charge in [0, 0.05) is 29.8 Å². The predicted octanol–water partition coefficient (Wildman–Crippen LogP) is 3.98. The number of hydrogen-bond acceptors (Lipinski definition) is 4. The molecule has 0 radical (unpaired) electrons. The van der Waals surface area contributed by atoms with Crippen LogP contribution in [0.5, 0.6) is 5.75 Å². The van der Waals surface area contributed by atoms with E-state index >= 15 is 0 Å². The third-order valence-electron chi connectivity index (χ3n) is 4.45. The molecule has 0 aliphatic rings. The number of hydrogen-bond donors (Lipinski definition) is 3. The summed E-state index contributed by atoms with van der Waals surface area (Å²) in [5.41, 5.74) is 1.91. The summed E-state index contributed by atoms with van der Waals surface area (Å²) in [7, 11) is 0. The third kappa shape index (κ3) is 4.58. The fraction of sp³-hybridized carbons (Fsp3) is 0.238. The number of aliphatic hydroxyl groups excluding tert-OH is 1. The molecule has 0 saturated carbocycles. The number of carbonyl (C=O) groups excluding carboxylic acids is 1. The largest absolute Gasteiger partial charge is 0.506 e. The molecule has 5 nitrogen and oxygen atoms in total. The molecule has 0 fully saturated rings. The number of benzene rings is 2. The summed E-state index contributed by atoms with van der Waals surface area (Å²) in [6, 6.07) is 9.55. The van der Waals surface area contributed by atoms with Gasteiger partial charge in [0.25, 0.3) is 5.91 Å². The summed E-state index contributed by atoms with van der Waals surface area (Å²) in [6.07, 6.45) is 3.07. The van der Waals surface area contributed by atoms with Crippen LogP contribution in [-0.4, -0.2) is 27.7 Å². The van der Waals surface area contributed by atoms with Crippen LogP contribution in [0, 0.1) is 5.82 Å². The molecule has 3 N–H and O–H groups in total. The van der Waals surface area contributed by atoms with Crippen molar-refractivity contribution < 1.29 is 19.4 Å². The van der Waals surface area contributed by atoms with Gasteiger partial charge in [-0.3, -0.25) is 9.78 Å². The van der Waals surface area contributed by atoms with Crippen LogP contribution in [0.15, 0.2) is 42.6 Å². The van der Waals surface area contributed by atoms with E-state index < -0.39 is 11.7 Å². The fourth-order valence-electron chi connectivity index (χ4n) is 2.99. The SMILES string of the molecule is O=C(NCc1ccc(Cl)cc1)c1cnc2c(CCCCO)cc(F)cc2c1O. The highest BCUT2D eigenvalue weighted by molar-refractivity contribution is 6.30. The lowest BCUT2D eigenvalue weighted by molar-refractivity contribution is 0.0948. The maximum Gasteiger partial charge on any atom is 0.256 e. The van der Waals surface area contributed by atoms with E-state index in [2.05, 4.69) is 10.3 Å². The van der Waals surface area contributed by atoms with Gasteiger partial charge in [-0.1, -0.05) is 23.7 Å². The summed E-state index contributed by atoms with van der Waals surface area (Å²) in [5, 5.41) is 23.0. The van der Waals surface area contributed by atoms with Crippen molar-refractivity contribution in [1.29, 1.82) is 0 Å². The summed E-state index contributed by atoms with van der Waals surface area (Å²) in [4.78, 5) is 16.8. The average Bonchev–Trinajstić information content (AvgIpc) is 2.68. The number of pyridine rings is 1. The molecule has 0 spiro atoms. The van der Waals surface area contributed by atoms with Crippen LogP contribution in [0.1, 0.15) is 34.3 Å². The highest BCUT2D eigenvalue weighted by Crippen LogP contribution is 2.30. The zero-order valence-electron chi connectivity index (χ0n) is 15.1. The molecule has 3 aromatic rings. The number of rotatable bonds is 7. The first-order valence-corrected chi connectivity index (χ1v) is 9.31. The van der Waals surface area contributed by atoms with Gasteiger partial charge in [-0.05, 0) is 54.7 Å². The molecule has 0 unspecified atom stereocenters. The summed E-state index contributed by atoms with van der Waals surface area (Å²) >= 11 is 5.84. The molecule has 0 aliphatic carbocycles. The smallest absolute Gasteiger partial charge is 0.256 e. The lowest BCUT2D eigenvalue weighted by Crippen LogP contribution is -2.23. The minimum absolute atomic E-state index is 0.0200. The fourth-order valence-corrected chi connectivity index (χ4v) is 3.11. The predicted molar refractivity (Wildman–Crippen MR) is 106 cm³/mol. The van der Waals surface area contributed by atoms with Crippen molar-refractivity contribution in [3.63, 3.8) is 0 Å². The molecule has 0 aliphatic heterocycles. The number of amides is 1. The van der Waals surface area contributed by atoms with Crippen molar-refractivity contribution in [2.24, 2.45) is 0 Å². The Bertz CT molecular complexity index is 993. The lowest BCUT2D eigenvalue weighted by atomic mass is 10.0. The van der Waals surface area contributed by atoms with Gasteiger partial charge in [-0.15, -0.1) is 0 Å². The van der Waals surface area contributed by atoms with Crippen LogP contribution < -0.4 is 5.32 Å². The summed E-state index contributed by atoms with van der Waals surface area (Å²) in [5.74, 6) is -1.32. The molecule has 0 saturated heterocycles. The second-order valence-electron chi connectivity index (χ2n) is 6.47. The van der Waals surface area contributed by atoms with Gasteiger partial charge in [0.15, 0.2) is 0 Å². The second-order valence-corrected chi connectivity index (χ2v) is 6.91. The zero-order valence-corrected chi connectivity index (χ0v) is 15.8. The Morgan fingerprint density at radius 2 is 1.93 bits per heavy atom. The molecule has 0 bridgehead atoms. The Hall–Kier alpha value is -2.70. The Balaban J connectivity index is 1.84. The minimum atomic E-state index is -0.512. The number of halogens is 2. The van der Waals surface area contributed by atoms with E-state index in [0.717, 1.165) is 5.56 Å². The molecular formula is C21H20ClFN2O3. The number of unbranched alkanes of at least 4 members (excludes halogenated alkanes) is 1. The quantitative estimate of drug-likeness (QED) is 0.522. The van der Waals surface area contributed by atoms with E-state index in [0.29, 0.717) is 35.4 Å². The maximum absolute atomic E-state index is 14.0. The van der Waals surface area contributed by atoms with Crippen molar-refractivity contribution in [1.82, 2.24) is 10.3 Å². The Morgan fingerprint density at radius 3 is 2.64 bits per heavy atom. The molecule has 0 atom stereocenters. The van der Waals surface area contributed by atoms with E-state index in [-0.39, 0.29) is 29.9 Å². The number of aromatic hydroxyl groups is 1. The highest BCUT2D eigenvalue weighted by Gasteiger charge is 2.17. The molecule has 3 rings (SSSR count). The van der Waals surface area contributed by atoms with E-state index in [1.165, 1.54) is 18.3 Å². The Morgan fingerprint density at radius 1 is 1.18 bits per heavy atom. The average molecular weight is 403 g/mol. The van der Waals surface area contributed by atoms with Crippen LogP contribution in [-0.2, 0) is 13.0 Å². The maximum atomic E-state index is 14.0. The summed E-state index contributed by atoms with van der Waals surface area (Å²) in [6.45, 7) is 0.312. The Labute approximate surface area is 166 Å². The van der Waals surface area contributed by atoms with Crippen molar-refractivity contribution in [2.75, 3.05) is 6.61 Å². The highest BCUT2D eigenvalue weighted by atomic mass is 35.5. The van der Waals surface area contributed by atoms with E-state index in [9.17, 15) is 14.3 Å². The molecule has 7 heteroatoms. The first-order valence-electron chi connectivity index (χ1n) is 8.93. The number of fused-ring (bicyclic) bond motifs is 1. The number of aryl methyl sites for hydroxylation is 1. The molecule has 2 aromatic carbocycles. The number of aliphatic hydroxyl groups is 1. The van der Waals surface area contributed by atoms with Gasteiger partial charge in [0.2, 0.25) is 0 Å². The normalized spacial score (nSPS) is 11.0. The van der Waals surface area contributed by atoms with Gasteiger partial charge in [-0.25, -0.2) is 4.39 Å². The van der Waals surface area contributed by atoms with Gasteiger partial charge in [0.1, 0.15) is 17.1 Å². The number of nitrogens with zero attached hydrogens (tertiary/aromatic N) is 1. The molecule has 28 heavy (non-hydrogen) atoms. The zero-order chi connectivity index (χ0) is 20.1. The number of nitrogens with one attached hydrogen (secondary N) is 1. The van der Waals surface area contributed by atoms with Crippen LogP contribution in [0.2, 0.25) is 5.02 Å². The minimum Gasteiger partial charge on any atom is -0.506 e. The van der Waals surface area contributed by atoms with Crippen molar-refractivity contribution in [3.8, 4) is 5.75 Å². The molecule has 146 valence electrons. The van der Waals surface area contributed by atoms with Crippen LogP contribution >= 0.6 is 11.6 Å². The molecule has 1 aromatic heterocycles.